The van der Waals surface area contributed by atoms with Crippen molar-refractivity contribution in [1.29, 1.82) is 0 Å². The highest BCUT2D eigenvalue weighted by Crippen LogP contribution is 2.30. The van der Waals surface area contributed by atoms with Crippen LogP contribution in [0.1, 0.15) is 38.7 Å². The number of hydrogen-bond donors (Lipinski definition) is 0. The average molecular weight is 234 g/mol. The highest BCUT2D eigenvalue weighted by Gasteiger charge is 2.27. The molecule has 0 amide bonds. The van der Waals surface area contributed by atoms with Gasteiger partial charge in [-0.1, -0.05) is 51.1 Å². The minimum absolute atomic E-state index is 0.135. The van der Waals surface area contributed by atoms with Crippen molar-refractivity contribution in [1.82, 2.24) is 0 Å². The van der Waals surface area contributed by atoms with Gasteiger partial charge in [-0.25, -0.2) is 0 Å². The SMILES string of the molecule is COC(=O)C(c1ccccc1)C(C)CC(C)C. The number of ether oxygens (including phenoxy) is 1. The van der Waals surface area contributed by atoms with Crippen LogP contribution in [0.25, 0.3) is 0 Å². The third-order valence-corrected chi connectivity index (χ3v) is 3.03. The van der Waals surface area contributed by atoms with Crippen molar-refractivity contribution in [3.63, 3.8) is 0 Å². The molecule has 2 heteroatoms. The van der Waals surface area contributed by atoms with Gasteiger partial charge in [0.2, 0.25) is 0 Å². The highest BCUT2D eigenvalue weighted by atomic mass is 16.5. The second-order valence-electron chi connectivity index (χ2n) is 5.02. The van der Waals surface area contributed by atoms with Crippen LogP contribution in [-0.4, -0.2) is 13.1 Å². The van der Waals surface area contributed by atoms with E-state index in [1.807, 2.05) is 30.3 Å². The summed E-state index contributed by atoms with van der Waals surface area (Å²) in [6.45, 7) is 6.47. The maximum atomic E-state index is 11.9. The molecule has 0 saturated heterocycles. The van der Waals surface area contributed by atoms with Crippen LogP contribution in [0.15, 0.2) is 30.3 Å². The zero-order chi connectivity index (χ0) is 12.8. The van der Waals surface area contributed by atoms with E-state index in [0.717, 1.165) is 12.0 Å². The molecule has 0 N–H and O–H groups in total. The molecule has 0 aromatic heterocycles. The fraction of sp³-hybridized carbons (Fsp3) is 0.533. The van der Waals surface area contributed by atoms with E-state index >= 15 is 0 Å². The summed E-state index contributed by atoms with van der Waals surface area (Å²) in [5, 5.41) is 0. The molecule has 1 aromatic rings. The van der Waals surface area contributed by atoms with Gasteiger partial charge in [0.25, 0.3) is 0 Å². The first kappa shape index (κ1) is 13.8. The number of carbonyl (C=O) groups excluding carboxylic acids is 1. The van der Waals surface area contributed by atoms with Gasteiger partial charge < -0.3 is 4.74 Å². The lowest BCUT2D eigenvalue weighted by atomic mass is 9.82. The molecule has 2 unspecified atom stereocenters. The van der Waals surface area contributed by atoms with Gasteiger partial charge in [-0.15, -0.1) is 0 Å². The van der Waals surface area contributed by atoms with E-state index in [1.165, 1.54) is 7.11 Å². The Labute approximate surface area is 104 Å². The van der Waals surface area contributed by atoms with Crippen LogP contribution in [-0.2, 0) is 9.53 Å². The molecule has 0 aliphatic rings. The van der Waals surface area contributed by atoms with E-state index in [2.05, 4.69) is 20.8 Å². The first-order valence-electron chi connectivity index (χ1n) is 6.19. The summed E-state index contributed by atoms with van der Waals surface area (Å²) in [6.07, 6.45) is 1.02. The van der Waals surface area contributed by atoms with Gasteiger partial charge in [0, 0.05) is 0 Å². The summed E-state index contributed by atoms with van der Waals surface area (Å²) in [5.74, 6) is 0.596. The van der Waals surface area contributed by atoms with Crippen LogP contribution in [0.4, 0.5) is 0 Å². The fourth-order valence-corrected chi connectivity index (χ4v) is 2.36. The van der Waals surface area contributed by atoms with Crippen molar-refractivity contribution >= 4 is 5.97 Å². The Morgan fingerprint density at radius 2 is 1.76 bits per heavy atom. The largest absolute Gasteiger partial charge is 0.469 e. The number of hydrogen-bond acceptors (Lipinski definition) is 2. The standard InChI is InChI=1S/C15H22O2/c1-11(2)10-12(3)14(15(16)17-4)13-8-6-5-7-9-13/h5-9,11-12,14H,10H2,1-4H3. The molecule has 0 spiro atoms. The molecule has 17 heavy (non-hydrogen) atoms. The van der Waals surface area contributed by atoms with Crippen LogP contribution in [0.3, 0.4) is 0 Å². The predicted molar refractivity (Wildman–Crippen MR) is 69.8 cm³/mol. The molecular weight excluding hydrogens is 212 g/mol. The smallest absolute Gasteiger partial charge is 0.313 e. The summed E-state index contributed by atoms with van der Waals surface area (Å²) in [6, 6.07) is 9.89. The fourth-order valence-electron chi connectivity index (χ4n) is 2.36. The summed E-state index contributed by atoms with van der Waals surface area (Å²) in [7, 11) is 1.46. The monoisotopic (exact) mass is 234 g/mol. The van der Waals surface area contributed by atoms with Gasteiger partial charge in [-0.2, -0.15) is 0 Å². The Bertz CT molecular complexity index is 343. The van der Waals surface area contributed by atoms with Gasteiger partial charge in [-0.05, 0) is 23.8 Å². The maximum absolute atomic E-state index is 11.9. The molecule has 1 rings (SSSR count). The van der Waals surface area contributed by atoms with E-state index < -0.39 is 0 Å². The quantitative estimate of drug-likeness (QED) is 0.727. The van der Waals surface area contributed by atoms with E-state index in [0.29, 0.717) is 11.8 Å². The Morgan fingerprint density at radius 3 is 2.24 bits per heavy atom. The molecule has 0 radical (unpaired) electrons. The molecular formula is C15H22O2. The molecule has 2 nitrogen and oxygen atoms in total. The van der Waals surface area contributed by atoms with E-state index in [1.54, 1.807) is 0 Å². The summed E-state index contributed by atoms with van der Waals surface area (Å²) < 4.78 is 4.93. The molecule has 2 atom stereocenters. The van der Waals surface area contributed by atoms with Crippen molar-refractivity contribution < 1.29 is 9.53 Å². The summed E-state index contributed by atoms with van der Waals surface area (Å²) in [5.41, 5.74) is 1.05. The van der Waals surface area contributed by atoms with Crippen LogP contribution >= 0.6 is 0 Å². The third-order valence-electron chi connectivity index (χ3n) is 3.03. The van der Waals surface area contributed by atoms with Crippen molar-refractivity contribution in [3.05, 3.63) is 35.9 Å². The lowest BCUT2D eigenvalue weighted by molar-refractivity contribution is -0.143. The van der Waals surface area contributed by atoms with Gasteiger partial charge in [0.05, 0.1) is 13.0 Å². The van der Waals surface area contributed by atoms with Crippen molar-refractivity contribution in [3.8, 4) is 0 Å². The lowest BCUT2D eigenvalue weighted by Crippen LogP contribution is -2.22. The topological polar surface area (TPSA) is 26.3 Å². The first-order valence-corrected chi connectivity index (χ1v) is 6.19. The van der Waals surface area contributed by atoms with Crippen LogP contribution in [0.5, 0.6) is 0 Å². The maximum Gasteiger partial charge on any atom is 0.313 e. The zero-order valence-electron chi connectivity index (χ0n) is 11.1. The molecule has 0 fully saturated rings. The Balaban J connectivity index is 2.92. The Morgan fingerprint density at radius 1 is 1.18 bits per heavy atom. The van der Waals surface area contributed by atoms with Gasteiger partial charge in [0.1, 0.15) is 0 Å². The average Bonchev–Trinajstić information content (AvgIpc) is 2.29. The van der Waals surface area contributed by atoms with Gasteiger partial charge in [0.15, 0.2) is 0 Å². The Hall–Kier alpha value is -1.31. The second-order valence-corrected chi connectivity index (χ2v) is 5.02. The minimum Gasteiger partial charge on any atom is -0.469 e. The lowest BCUT2D eigenvalue weighted by Gasteiger charge is -2.23. The molecule has 0 aliphatic carbocycles. The van der Waals surface area contributed by atoms with Gasteiger partial charge in [-0.3, -0.25) is 4.79 Å². The second kappa shape index (κ2) is 6.43. The molecule has 0 bridgehead atoms. The van der Waals surface area contributed by atoms with Crippen molar-refractivity contribution in [2.75, 3.05) is 7.11 Å². The summed E-state index contributed by atoms with van der Waals surface area (Å²) in [4.78, 5) is 11.9. The van der Waals surface area contributed by atoms with Gasteiger partial charge >= 0.3 is 5.97 Å². The molecule has 94 valence electrons. The highest BCUT2D eigenvalue weighted by molar-refractivity contribution is 5.78. The number of methoxy groups -OCH3 is 1. The predicted octanol–water partition coefficient (Wildman–Crippen LogP) is 3.63. The van der Waals surface area contributed by atoms with Crippen LogP contribution in [0, 0.1) is 11.8 Å². The zero-order valence-corrected chi connectivity index (χ0v) is 11.1. The van der Waals surface area contributed by atoms with E-state index in [4.69, 9.17) is 4.74 Å². The normalized spacial score (nSPS) is 14.4. The molecule has 0 saturated carbocycles. The molecule has 0 heterocycles. The van der Waals surface area contributed by atoms with Crippen LogP contribution in [0.2, 0.25) is 0 Å². The number of benzene rings is 1. The third kappa shape index (κ3) is 3.88. The first-order chi connectivity index (χ1) is 8.06. The summed E-state index contributed by atoms with van der Waals surface area (Å²) >= 11 is 0. The van der Waals surface area contributed by atoms with Crippen molar-refractivity contribution in [2.45, 2.75) is 33.1 Å². The number of rotatable bonds is 5. The van der Waals surface area contributed by atoms with E-state index in [-0.39, 0.29) is 11.9 Å². The minimum atomic E-state index is -0.149. The molecule has 1 aromatic carbocycles. The van der Waals surface area contributed by atoms with E-state index in [9.17, 15) is 4.79 Å². The van der Waals surface area contributed by atoms with Crippen LogP contribution < -0.4 is 0 Å². The van der Waals surface area contributed by atoms with Crippen molar-refractivity contribution in [2.24, 2.45) is 11.8 Å². The molecule has 0 aliphatic heterocycles. The number of carbonyl (C=O) groups is 1. The Kier molecular flexibility index (Phi) is 5.20. The number of esters is 1.